The third-order valence-electron chi connectivity index (χ3n) is 5.52. The maximum absolute atomic E-state index is 11.8. The van der Waals surface area contributed by atoms with Crippen molar-refractivity contribution in [1.82, 2.24) is 35.1 Å². The predicted octanol–water partition coefficient (Wildman–Crippen LogP) is 5.04. The molecule has 0 aromatic carbocycles. The molecule has 6 aromatic heterocycles. The van der Waals surface area contributed by atoms with Crippen molar-refractivity contribution < 1.29 is 4.79 Å². The maximum atomic E-state index is 11.8. The Morgan fingerprint density at radius 3 is 2.85 bits per heavy atom. The van der Waals surface area contributed by atoms with Crippen molar-refractivity contribution in [3.05, 3.63) is 59.8 Å². The predicted molar refractivity (Wildman–Crippen MR) is 132 cm³/mol. The highest BCUT2D eigenvalue weighted by atomic mass is 32.1. The van der Waals surface area contributed by atoms with Crippen LogP contribution in [0.3, 0.4) is 0 Å². The van der Waals surface area contributed by atoms with Gasteiger partial charge in [0.25, 0.3) is 0 Å². The first-order valence-electron chi connectivity index (χ1n) is 10.7. The van der Waals surface area contributed by atoms with E-state index in [0.717, 1.165) is 44.5 Å². The minimum absolute atomic E-state index is 0.0640. The second-order valence-electron chi connectivity index (χ2n) is 7.71. The lowest BCUT2D eigenvalue weighted by Gasteiger charge is -2.06. The number of nitrogens with one attached hydrogen (secondary N) is 3. The molecule has 9 nitrogen and oxygen atoms in total. The van der Waals surface area contributed by atoms with Crippen LogP contribution in [-0.2, 0) is 4.79 Å². The number of hydrogen-bond donors (Lipinski definition) is 3. The third-order valence-corrected chi connectivity index (χ3v) is 6.20. The lowest BCUT2D eigenvalue weighted by molar-refractivity contribution is -0.115. The van der Waals surface area contributed by atoms with Gasteiger partial charge in [0.05, 0.1) is 28.5 Å². The van der Waals surface area contributed by atoms with Gasteiger partial charge in [0.2, 0.25) is 5.91 Å². The zero-order chi connectivity index (χ0) is 23.1. The van der Waals surface area contributed by atoms with Gasteiger partial charge in [0, 0.05) is 47.1 Å². The molecule has 1 amide bonds. The number of aromatic amines is 2. The summed E-state index contributed by atoms with van der Waals surface area (Å²) in [6.45, 7) is 1.81. The maximum Gasteiger partial charge on any atom is 0.224 e. The lowest BCUT2D eigenvalue weighted by Crippen LogP contribution is -2.09. The molecule has 0 unspecified atom stereocenters. The van der Waals surface area contributed by atoms with Gasteiger partial charge in [-0.25, -0.2) is 9.97 Å². The van der Waals surface area contributed by atoms with Crippen molar-refractivity contribution in [3.8, 4) is 33.9 Å². The number of aromatic nitrogens is 7. The van der Waals surface area contributed by atoms with Crippen LogP contribution in [0.25, 0.3) is 56.0 Å². The Hall–Kier alpha value is -4.44. The van der Waals surface area contributed by atoms with Gasteiger partial charge in [0.15, 0.2) is 11.5 Å². The number of imidazole rings is 1. The van der Waals surface area contributed by atoms with Crippen molar-refractivity contribution in [2.45, 2.75) is 13.3 Å². The number of fused-ring (bicyclic) bond motifs is 2. The SMILES string of the molecule is CCC(=O)Nc1cncc(-c2cnc3n[nH]c(-c4nc5c(-c6ccsc6)nccc5[nH]4)c3c2)c1. The first-order valence-corrected chi connectivity index (χ1v) is 11.6. The van der Waals surface area contributed by atoms with Crippen LogP contribution in [0.2, 0.25) is 0 Å². The van der Waals surface area contributed by atoms with E-state index in [0.29, 0.717) is 23.6 Å². The van der Waals surface area contributed by atoms with Crippen LogP contribution in [0.15, 0.2) is 59.8 Å². The average molecular weight is 467 g/mol. The minimum Gasteiger partial charge on any atom is -0.337 e. The summed E-state index contributed by atoms with van der Waals surface area (Å²) in [5.41, 5.74) is 7.21. The molecule has 0 aliphatic carbocycles. The van der Waals surface area contributed by atoms with Crippen molar-refractivity contribution >= 4 is 45.0 Å². The average Bonchev–Trinajstić information content (AvgIpc) is 3.62. The van der Waals surface area contributed by atoms with Crippen molar-refractivity contribution in [2.24, 2.45) is 0 Å². The Bertz CT molecular complexity index is 1650. The summed E-state index contributed by atoms with van der Waals surface area (Å²) in [6.07, 6.45) is 7.28. The van der Waals surface area contributed by atoms with E-state index in [1.807, 2.05) is 36.6 Å². The smallest absolute Gasteiger partial charge is 0.224 e. The molecule has 0 saturated heterocycles. The summed E-state index contributed by atoms with van der Waals surface area (Å²) in [5, 5.41) is 15.2. The molecule has 34 heavy (non-hydrogen) atoms. The zero-order valence-electron chi connectivity index (χ0n) is 18.0. The Morgan fingerprint density at radius 1 is 1.09 bits per heavy atom. The summed E-state index contributed by atoms with van der Waals surface area (Å²) < 4.78 is 0. The van der Waals surface area contributed by atoms with Gasteiger partial charge in [-0.1, -0.05) is 6.92 Å². The molecular weight excluding hydrogens is 448 g/mol. The van der Waals surface area contributed by atoms with Crippen LogP contribution in [0.1, 0.15) is 13.3 Å². The van der Waals surface area contributed by atoms with Crippen molar-refractivity contribution in [2.75, 3.05) is 5.32 Å². The highest BCUT2D eigenvalue weighted by molar-refractivity contribution is 7.08. The second-order valence-corrected chi connectivity index (χ2v) is 8.49. The number of pyridine rings is 3. The fourth-order valence-corrected chi connectivity index (χ4v) is 4.46. The van der Waals surface area contributed by atoms with E-state index >= 15 is 0 Å². The molecule has 166 valence electrons. The van der Waals surface area contributed by atoms with E-state index < -0.39 is 0 Å². The summed E-state index contributed by atoms with van der Waals surface area (Å²) in [6, 6.07) is 7.82. The van der Waals surface area contributed by atoms with E-state index in [-0.39, 0.29) is 5.91 Å². The summed E-state index contributed by atoms with van der Waals surface area (Å²) >= 11 is 1.62. The summed E-state index contributed by atoms with van der Waals surface area (Å²) in [4.78, 5) is 33.3. The zero-order valence-corrected chi connectivity index (χ0v) is 18.8. The highest BCUT2D eigenvalue weighted by Crippen LogP contribution is 2.32. The molecule has 0 aliphatic heterocycles. The quantitative estimate of drug-likeness (QED) is 0.327. The molecule has 6 rings (SSSR count). The van der Waals surface area contributed by atoms with Crippen LogP contribution < -0.4 is 5.32 Å². The van der Waals surface area contributed by atoms with Crippen molar-refractivity contribution in [3.63, 3.8) is 0 Å². The van der Waals surface area contributed by atoms with E-state index in [2.05, 4.69) is 40.8 Å². The van der Waals surface area contributed by atoms with E-state index in [4.69, 9.17) is 4.98 Å². The number of nitrogens with zero attached hydrogens (tertiary/aromatic N) is 5. The molecule has 0 atom stereocenters. The number of carbonyl (C=O) groups is 1. The van der Waals surface area contributed by atoms with Gasteiger partial charge < -0.3 is 10.3 Å². The van der Waals surface area contributed by atoms with Crippen LogP contribution >= 0.6 is 11.3 Å². The molecule has 0 bridgehead atoms. The largest absolute Gasteiger partial charge is 0.337 e. The number of amides is 1. The van der Waals surface area contributed by atoms with Crippen molar-refractivity contribution in [1.29, 1.82) is 0 Å². The molecule has 6 aromatic rings. The van der Waals surface area contributed by atoms with Crippen LogP contribution in [-0.4, -0.2) is 41.0 Å². The molecule has 0 aliphatic rings. The molecule has 0 spiro atoms. The van der Waals surface area contributed by atoms with Crippen LogP contribution in [0, 0.1) is 0 Å². The van der Waals surface area contributed by atoms with E-state index in [9.17, 15) is 4.79 Å². The monoisotopic (exact) mass is 466 g/mol. The number of anilines is 1. The Balaban J connectivity index is 1.43. The van der Waals surface area contributed by atoms with Gasteiger partial charge in [0.1, 0.15) is 11.2 Å². The van der Waals surface area contributed by atoms with Gasteiger partial charge in [-0.05, 0) is 29.6 Å². The number of H-pyrrole nitrogens is 2. The van der Waals surface area contributed by atoms with E-state index in [1.54, 1.807) is 36.1 Å². The molecular formula is C24H18N8OS. The highest BCUT2D eigenvalue weighted by Gasteiger charge is 2.17. The number of thiophene rings is 1. The lowest BCUT2D eigenvalue weighted by atomic mass is 10.1. The van der Waals surface area contributed by atoms with Gasteiger partial charge >= 0.3 is 0 Å². The Kier molecular flexibility index (Phi) is 4.84. The molecule has 0 saturated carbocycles. The first-order chi connectivity index (χ1) is 16.7. The summed E-state index contributed by atoms with van der Waals surface area (Å²) in [7, 11) is 0. The van der Waals surface area contributed by atoms with Crippen LogP contribution in [0.4, 0.5) is 5.69 Å². The van der Waals surface area contributed by atoms with Gasteiger partial charge in [-0.15, -0.1) is 0 Å². The van der Waals surface area contributed by atoms with Gasteiger partial charge in [-0.3, -0.25) is 19.9 Å². The van der Waals surface area contributed by atoms with Crippen LogP contribution in [0.5, 0.6) is 0 Å². The topological polar surface area (TPSA) is 125 Å². The molecule has 10 heteroatoms. The van der Waals surface area contributed by atoms with Gasteiger partial charge in [-0.2, -0.15) is 16.4 Å². The molecule has 0 radical (unpaired) electrons. The fourth-order valence-electron chi connectivity index (χ4n) is 3.82. The third kappa shape index (κ3) is 3.50. The first kappa shape index (κ1) is 20.2. The normalized spacial score (nSPS) is 11.3. The molecule has 6 heterocycles. The fraction of sp³-hybridized carbons (Fsp3) is 0.0833. The number of rotatable bonds is 5. The summed E-state index contributed by atoms with van der Waals surface area (Å²) in [5.74, 6) is 0.592. The molecule has 0 fully saturated rings. The number of hydrogen-bond acceptors (Lipinski definition) is 7. The standard InChI is InChI=1S/C24H18N8OS/c1-2-19(33)28-16-7-14(9-25-11-16)15-8-17-21(31-32-23(17)27-10-15)24-29-18-3-5-26-20(22(18)30-24)13-4-6-34-12-13/h3-12H,2H2,1H3,(H,28,33)(H,29,30)(H,27,31,32). The Morgan fingerprint density at radius 2 is 2.00 bits per heavy atom. The number of carbonyl (C=O) groups excluding carboxylic acids is 1. The Labute approximate surface area is 197 Å². The molecule has 3 N–H and O–H groups in total. The second kappa shape index (κ2) is 8.16. The van der Waals surface area contributed by atoms with E-state index in [1.165, 1.54) is 0 Å². The minimum atomic E-state index is -0.0640.